The van der Waals surface area contributed by atoms with Crippen molar-refractivity contribution in [1.29, 1.82) is 0 Å². The van der Waals surface area contributed by atoms with Gasteiger partial charge in [0.25, 0.3) is 0 Å². The maximum Gasteiger partial charge on any atom is 0.244 e. The molecule has 7 heteroatoms. The Kier molecular flexibility index (Phi) is 5.49. The molecule has 5 nitrogen and oxygen atoms in total. The highest BCUT2D eigenvalue weighted by molar-refractivity contribution is 6.36. The van der Waals surface area contributed by atoms with Gasteiger partial charge in [-0.05, 0) is 50.3 Å². The summed E-state index contributed by atoms with van der Waals surface area (Å²) in [7, 11) is 0. The first kappa shape index (κ1) is 18.7. The molecule has 3 rings (SSSR count). The number of halogens is 2. The minimum absolute atomic E-state index is 0.137. The number of anilines is 1. The van der Waals surface area contributed by atoms with Crippen LogP contribution >= 0.6 is 23.2 Å². The second kappa shape index (κ2) is 7.64. The van der Waals surface area contributed by atoms with Gasteiger partial charge in [0, 0.05) is 27.5 Å². The van der Waals surface area contributed by atoms with Crippen LogP contribution in [-0.2, 0) is 17.6 Å². The lowest BCUT2D eigenvalue weighted by Crippen LogP contribution is -2.30. The molecule has 26 heavy (non-hydrogen) atoms. The largest absolute Gasteiger partial charge is 0.369 e. The Morgan fingerprint density at radius 1 is 1.19 bits per heavy atom. The molecule has 0 aliphatic heterocycles. The fourth-order valence-electron chi connectivity index (χ4n) is 3.32. The summed E-state index contributed by atoms with van der Waals surface area (Å²) in [5.74, 6) is -0.766. The molecule has 1 aliphatic carbocycles. The van der Waals surface area contributed by atoms with Gasteiger partial charge < -0.3 is 11.1 Å². The first-order valence-corrected chi connectivity index (χ1v) is 9.17. The number of carbonyl (C=O) groups excluding carboxylic acids is 2. The second-order valence-corrected chi connectivity index (χ2v) is 7.16. The number of Topliss-reactive ketones (excluding diaryl/α,β-unsaturated/α-hetero) is 1. The van der Waals surface area contributed by atoms with E-state index in [0.29, 0.717) is 26.9 Å². The molecule has 0 saturated heterocycles. The van der Waals surface area contributed by atoms with Gasteiger partial charge in [-0.1, -0.05) is 29.3 Å². The summed E-state index contributed by atoms with van der Waals surface area (Å²) in [6, 6.07) is 4.03. The molecule has 0 fully saturated rings. The minimum Gasteiger partial charge on any atom is -0.369 e. The summed E-state index contributed by atoms with van der Waals surface area (Å²) in [4.78, 5) is 28.8. The third kappa shape index (κ3) is 3.55. The van der Waals surface area contributed by atoms with Gasteiger partial charge >= 0.3 is 0 Å². The first-order valence-electron chi connectivity index (χ1n) is 8.41. The lowest BCUT2D eigenvalue weighted by atomic mass is 9.91. The third-order valence-corrected chi connectivity index (χ3v) is 5.26. The number of nitrogens with two attached hydrogens (primary N) is 1. The second-order valence-electron chi connectivity index (χ2n) is 6.35. The van der Waals surface area contributed by atoms with Crippen molar-refractivity contribution >= 4 is 40.6 Å². The number of rotatable bonds is 5. The SMILES string of the molecule is CC(=O)c1cnc2c(c1NC(C(N)=O)c1c(Cl)cccc1Cl)CCCC2. The van der Waals surface area contributed by atoms with Crippen molar-refractivity contribution in [3.8, 4) is 0 Å². The van der Waals surface area contributed by atoms with Crippen molar-refractivity contribution in [2.24, 2.45) is 5.73 Å². The van der Waals surface area contributed by atoms with Crippen LogP contribution in [0.15, 0.2) is 24.4 Å². The normalized spacial score (nSPS) is 14.4. The molecule has 0 bridgehead atoms. The number of hydrogen-bond acceptors (Lipinski definition) is 4. The standard InChI is InChI=1S/C19H19Cl2N3O2/c1-10(25)12-9-23-15-8-3-2-5-11(15)17(12)24-18(19(22)26)16-13(20)6-4-7-14(16)21/h4,6-7,9,18H,2-3,5,8H2,1H3,(H2,22,26)(H,23,24). The van der Waals surface area contributed by atoms with E-state index >= 15 is 0 Å². The van der Waals surface area contributed by atoms with Gasteiger partial charge in [0.05, 0.1) is 11.3 Å². The number of hydrogen-bond donors (Lipinski definition) is 2. The number of nitrogens with zero attached hydrogens (tertiary/aromatic N) is 1. The highest BCUT2D eigenvalue weighted by Crippen LogP contribution is 2.36. The van der Waals surface area contributed by atoms with Gasteiger partial charge in [0.2, 0.25) is 5.91 Å². The molecule has 1 unspecified atom stereocenters. The Hall–Kier alpha value is -2.11. The van der Waals surface area contributed by atoms with E-state index in [0.717, 1.165) is 36.9 Å². The summed E-state index contributed by atoms with van der Waals surface area (Å²) in [5, 5.41) is 3.82. The summed E-state index contributed by atoms with van der Waals surface area (Å²) in [6.07, 6.45) is 5.23. The van der Waals surface area contributed by atoms with Crippen LogP contribution in [0, 0.1) is 0 Å². The maximum atomic E-state index is 12.2. The molecule has 0 radical (unpaired) electrons. The molecular weight excluding hydrogens is 373 g/mol. The van der Waals surface area contributed by atoms with Crippen molar-refractivity contribution < 1.29 is 9.59 Å². The molecule has 2 aromatic rings. The summed E-state index contributed by atoms with van der Waals surface area (Å²) >= 11 is 12.5. The van der Waals surface area contributed by atoms with Crippen molar-refractivity contribution in [1.82, 2.24) is 4.98 Å². The van der Waals surface area contributed by atoms with Crippen molar-refractivity contribution in [2.75, 3.05) is 5.32 Å². The van der Waals surface area contributed by atoms with Gasteiger partial charge in [0.1, 0.15) is 6.04 Å². The van der Waals surface area contributed by atoms with Crippen LogP contribution < -0.4 is 11.1 Å². The van der Waals surface area contributed by atoms with Gasteiger partial charge in [-0.25, -0.2) is 0 Å². The third-order valence-electron chi connectivity index (χ3n) is 4.60. The van der Waals surface area contributed by atoms with Crippen LogP contribution in [0.1, 0.15) is 53.0 Å². The monoisotopic (exact) mass is 391 g/mol. The molecule has 1 aromatic heterocycles. The van der Waals surface area contributed by atoms with Crippen LogP contribution in [-0.4, -0.2) is 16.7 Å². The summed E-state index contributed by atoms with van der Waals surface area (Å²) < 4.78 is 0. The van der Waals surface area contributed by atoms with Gasteiger partial charge in [0.15, 0.2) is 5.78 Å². The van der Waals surface area contributed by atoms with E-state index in [1.807, 2.05) is 0 Å². The zero-order valence-electron chi connectivity index (χ0n) is 14.3. The molecule has 1 heterocycles. The van der Waals surface area contributed by atoms with Crippen LogP contribution in [0.3, 0.4) is 0 Å². The van der Waals surface area contributed by atoms with E-state index in [-0.39, 0.29) is 5.78 Å². The summed E-state index contributed by atoms with van der Waals surface area (Å²) in [5.41, 5.74) is 8.97. The van der Waals surface area contributed by atoms with Gasteiger partial charge in [-0.15, -0.1) is 0 Å². The van der Waals surface area contributed by atoms with E-state index in [2.05, 4.69) is 10.3 Å². The quantitative estimate of drug-likeness (QED) is 0.750. The molecule has 1 aliphatic rings. The first-order chi connectivity index (χ1) is 12.4. The van der Waals surface area contributed by atoms with E-state index in [4.69, 9.17) is 28.9 Å². The van der Waals surface area contributed by atoms with E-state index in [1.54, 1.807) is 24.4 Å². The van der Waals surface area contributed by atoms with Crippen molar-refractivity contribution in [2.45, 2.75) is 38.6 Å². The summed E-state index contributed by atoms with van der Waals surface area (Å²) in [6.45, 7) is 1.47. The predicted molar refractivity (Wildman–Crippen MR) is 103 cm³/mol. The Bertz CT molecular complexity index is 863. The number of primary amides is 1. The molecule has 0 saturated carbocycles. The fraction of sp³-hybridized carbons (Fsp3) is 0.316. The van der Waals surface area contributed by atoms with E-state index in [1.165, 1.54) is 6.92 Å². The number of nitrogens with one attached hydrogen (secondary N) is 1. The number of fused-ring (bicyclic) bond motifs is 1. The molecule has 136 valence electrons. The van der Waals surface area contributed by atoms with Crippen LogP contribution in [0.5, 0.6) is 0 Å². The van der Waals surface area contributed by atoms with E-state index < -0.39 is 11.9 Å². The maximum absolute atomic E-state index is 12.2. The minimum atomic E-state index is -0.956. The number of ketones is 1. The lowest BCUT2D eigenvalue weighted by molar-refractivity contribution is -0.118. The topological polar surface area (TPSA) is 85.1 Å². The van der Waals surface area contributed by atoms with Gasteiger partial charge in [-0.2, -0.15) is 0 Å². The smallest absolute Gasteiger partial charge is 0.244 e. The van der Waals surface area contributed by atoms with Gasteiger partial charge in [-0.3, -0.25) is 14.6 Å². The molecule has 0 spiro atoms. The lowest BCUT2D eigenvalue weighted by Gasteiger charge is -2.25. The average molecular weight is 392 g/mol. The number of amides is 1. The Morgan fingerprint density at radius 2 is 1.85 bits per heavy atom. The van der Waals surface area contributed by atoms with Crippen LogP contribution in [0.4, 0.5) is 5.69 Å². The van der Waals surface area contributed by atoms with E-state index in [9.17, 15) is 9.59 Å². The molecule has 1 amide bonds. The number of carbonyl (C=O) groups is 2. The number of aromatic nitrogens is 1. The highest BCUT2D eigenvalue weighted by Gasteiger charge is 2.27. The molecule has 3 N–H and O–H groups in total. The van der Waals surface area contributed by atoms with Crippen LogP contribution in [0.25, 0.3) is 0 Å². The Morgan fingerprint density at radius 3 is 2.46 bits per heavy atom. The molecular formula is C19H19Cl2N3O2. The fourth-order valence-corrected chi connectivity index (χ4v) is 3.93. The van der Waals surface area contributed by atoms with Crippen LogP contribution in [0.2, 0.25) is 10.0 Å². The Labute approximate surface area is 161 Å². The Balaban J connectivity index is 2.13. The zero-order chi connectivity index (χ0) is 18.8. The highest BCUT2D eigenvalue weighted by atomic mass is 35.5. The zero-order valence-corrected chi connectivity index (χ0v) is 15.8. The number of pyridine rings is 1. The molecule has 1 aromatic carbocycles. The number of aryl methyl sites for hydroxylation is 1. The predicted octanol–water partition coefficient (Wildman–Crippen LogP) is 4.11. The average Bonchev–Trinajstić information content (AvgIpc) is 2.60. The number of benzene rings is 1. The van der Waals surface area contributed by atoms with Crippen molar-refractivity contribution in [3.05, 3.63) is 56.8 Å². The van der Waals surface area contributed by atoms with Crippen molar-refractivity contribution in [3.63, 3.8) is 0 Å². The molecule has 1 atom stereocenters.